The fourth-order valence-corrected chi connectivity index (χ4v) is 2.32. The van der Waals surface area contributed by atoms with Crippen LogP contribution in [0.3, 0.4) is 0 Å². The highest BCUT2D eigenvalue weighted by atomic mass is 16.8. The SMILES string of the molecule is CC1OC(c2ccccc2)(C(C)(C)C)OC1C. The van der Waals surface area contributed by atoms with E-state index in [-0.39, 0.29) is 17.6 Å². The highest BCUT2D eigenvalue weighted by Gasteiger charge is 2.53. The first-order valence-electron chi connectivity index (χ1n) is 6.28. The summed E-state index contributed by atoms with van der Waals surface area (Å²) in [5.41, 5.74) is 0.997. The van der Waals surface area contributed by atoms with Gasteiger partial charge in [0, 0.05) is 11.0 Å². The van der Waals surface area contributed by atoms with Crippen LogP contribution in [-0.4, -0.2) is 12.2 Å². The summed E-state index contributed by atoms with van der Waals surface area (Å²) in [6.45, 7) is 10.6. The van der Waals surface area contributed by atoms with Crippen molar-refractivity contribution >= 4 is 0 Å². The second-order valence-corrected chi connectivity index (χ2v) is 5.88. The normalized spacial score (nSPS) is 33.9. The molecule has 0 radical (unpaired) electrons. The zero-order valence-electron chi connectivity index (χ0n) is 11.4. The van der Waals surface area contributed by atoms with E-state index < -0.39 is 5.79 Å². The van der Waals surface area contributed by atoms with Crippen LogP contribution < -0.4 is 0 Å². The van der Waals surface area contributed by atoms with Gasteiger partial charge in [0.2, 0.25) is 5.79 Å². The monoisotopic (exact) mass is 234 g/mol. The molecule has 1 aromatic rings. The van der Waals surface area contributed by atoms with Gasteiger partial charge in [0.1, 0.15) is 0 Å². The molecule has 0 N–H and O–H groups in total. The van der Waals surface area contributed by atoms with Gasteiger partial charge in [0.05, 0.1) is 12.2 Å². The lowest BCUT2D eigenvalue weighted by Crippen LogP contribution is -2.41. The Bertz CT molecular complexity index is 368. The Morgan fingerprint density at radius 2 is 1.41 bits per heavy atom. The van der Waals surface area contributed by atoms with Crippen LogP contribution in [0.1, 0.15) is 40.2 Å². The molecule has 0 aromatic heterocycles. The summed E-state index contributed by atoms with van der Waals surface area (Å²) in [6, 6.07) is 10.2. The second-order valence-electron chi connectivity index (χ2n) is 5.88. The van der Waals surface area contributed by atoms with Gasteiger partial charge in [-0.25, -0.2) is 0 Å². The lowest BCUT2D eigenvalue weighted by Gasteiger charge is -2.40. The summed E-state index contributed by atoms with van der Waals surface area (Å²) in [4.78, 5) is 0. The van der Waals surface area contributed by atoms with E-state index in [1.54, 1.807) is 0 Å². The van der Waals surface area contributed by atoms with Gasteiger partial charge in [0.15, 0.2) is 0 Å². The van der Waals surface area contributed by atoms with E-state index in [2.05, 4.69) is 46.8 Å². The molecule has 1 saturated heterocycles. The average Bonchev–Trinajstić information content (AvgIpc) is 2.57. The molecule has 0 aliphatic carbocycles. The van der Waals surface area contributed by atoms with E-state index in [9.17, 15) is 0 Å². The number of rotatable bonds is 1. The molecule has 2 heteroatoms. The smallest absolute Gasteiger partial charge is 0.200 e. The van der Waals surface area contributed by atoms with E-state index in [0.717, 1.165) is 5.56 Å². The number of hydrogen-bond donors (Lipinski definition) is 0. The Kier molecular flexibility index (Phi) is 3.04. The summed E-state index contributed by atoms with van der Waals surface area (Å²) in [6.07, 6.45) is 0.240. The Hall–Kier alpha value is -0.860. The summed E-state index contributed by atoms with van der Waals surface area (Å²) in [5, 5.41) is 0. The summed E-state index contributed by atoms with van der Waals surface area (Å²) in [7, 11) is 0. The van der Waals surface area contributed by atoms with Crippen molar-refractivity contribution in [3.8, 4) is 0 Å². The average molecular weight is 234 g/mol. The third kappa shape index (κ3) is 2.00. The van der Waals surface area contributed by atoms with Gasteiger partial charge in [-0.3, -0.25) is 0 Å². The van der Waals surface area contributed by atoms with Crippen molar-refractivity contribution in [1.29, 1.82) is 0 Å². The lowest BCUT2D eigenvalue weighted by molar-refractivity contribution is -0.245. The maximum atomic E-state index is 6.19. The molecule has 1 aromatic carbocycles. The topological polar surface area (TPSA) is 18.5 Å². The number of benzene rings is 1. The van der Waals surface area contributed by atoms with Gasteiger partial charge >= 0.3 is 0 Å². The molecule has 1 aliphatic heterocycles. The molecule has 17 heavy (non-hydrogen) atoms. The second kappa shape index (κ2) is 4.11. The van der Waals surface area contributed by atoms with E-state index in [1.807, 2.05) is 18.2 Å². The number of ether oxygens (including phenoxy) is 2. The molecule has 0 spiro atoms. The van der Waals surface area contributed by atoms with Crippen LogP contribution in [-0.2, 0) is 15.3 Å². The molecule has 1 heterocycles. The quantitative estimate of drug-likeness (QED) is 0.737. The van der Waals surface area contributed by atoms with E-state index in [0.29, 0.717) is 0 Å². The Labute approximate surface area is 104 Å². The van der Waals surface area contributed by atoms with Crippen molar-refractivity contribution < 1.29 is 9.47 Å². The van der Waals surface area contributed by atoms with Crippen LogP contribution in [0.4, 0.5) is 0 Å². The Balaban J connectivity index is 2.47. The lowest BCUT2D eigenvalue weighted by atomic mass is 9.81. The molecule has 2 nitrogen and oxygen atoms in total. The molecule has 94 valence electrons. The largest absolute Gasteiger partial charge is 0.340 e. The highest BCUT2D eigenvalue weighted by Crippen LogP contribution is 2.49. The predicted molar refractivity (Wildman–Crippen MR) is 68.7 cm³/mol. The standard InChI is InChI=1S/C15H22O2/c1-11-12(2)17-15(16-11,14(3,4)5)13-9-7-6-8-10-13/h6-12H,1-5H3. The highest BCUT2D eigenvalue weighted by molar-refractivity contribution is 5.23. The minimum atomic E-state index is -0.632. The van der Waals surface area contributed by atoms with Gasteiger partial charge in [-0.2, -0.15) is 0 Å². The first-order chi connectivity index (χ1) is 7.87. The predicted octanol–water partition coefficient (Wildman–Crippen LogP) is 3.71. The van der Waals surface area contributed by atoms with Crippen molar-refractivity contribution in [3.63, 3.8) is 0 Å². The van der Waals surface area contributed by atoms with Crippen LogP contribution in [0.25, 0.3) is 0 Å². The zero-order chi connectivity index (χ0) is 12.7. The van der Waals surface area contributed by atoms with Crippen LogP contribution >= 0.6 is 0 Å². The van der Waals surface area contributed by atoms with Gasteiger partial charge < -0.3 is 9.47 Å². The molecular weight excluding hydrogens is 212 g/mol. The molecule has 2 rings (SSSR count). The van der Waals surface area contributed by atoms with E-state index in [1.165, 1.54) is 0 Å². The number of hydrogen-bond acceptors (Lipinski definition) is 2. The van der Waals surface area contributed by atoms with Crippen molar-refractivity contribution in [3.05, 3.63) is 35.9 Å². The van der Waals surface area contributed by atoms with Crippen LogP contribution in [0.5, 0.6) is 0 Å². The van der Waals surface area contributed by atoms with Crippen LogP contribution in [0, 0.1) is 5.41 Å². The maximum Gasteiger partial charge on any atom is 0.200 e. The molecule has 1 aliphatic rings. The minimum absolute atomic E-state index is 0.104. The molecule has 2 unspecified atom stereocenters. The summed E-state index contributed by atoms with van der Waals surface area (Å²) < 4.78 is 12.4. The maximum absolute atomic E-state index is 6.19. The fraction of sp³-hybridized carbons (Fsp3) is 0.600. The Morgan fingerprint density at radius 1 is 0.941 bits per heavy atom. The van der Waals surface area contributed by atoms with Gasteiger partial charge in [-0.15, -0.1) is 0 Å². The van der Waals surface area contributed by atoms with E-state index in [4.69, 9.17) is 9.47 Å². The van der Waals surface area contributed by atoms with Gasteiger partial charge in [0.25, 0.3) is 0 Å². The van der Waals surface area contributed by atoms with Crippen molar-refractivity contribution in [2.45, 2.75) is 52.6 Å². The third-order valence-corrected chi connectivity index (χ3v) is 3.51. The summed E-state index contributed by atoms with van der Waals surface area (Å²) in [5.74, 6) is -0.632. The van der Waals surface area contributed by atoms with E-state index >= 15 is 0 Å². The fourth-order valence-electron chi connectivity index (χ4n) is 2.32. The van der Waals surface area contributed by atoms with Crippen LogP contribution in [0.15, 0.2) is 30.3 Å². The summed E-state index contributed by atoms with van der Waals surface area (Å²) >= 11 is 0. The molecule has 2 atom stereocenters. The van der Waals surface area contributed by atoms with Gasteiger partial charge in [-0.1, -0.05) is 51.1 Å². The molecular formula is C15H22O2. The zero-order valence-corrected chi connectivity index (χ0v) is 11.4. The molecule has 0 saturated carbocycles. The minimum Gasteiger partial charge on any atom is -0.340 e. The Morgan fingerprint density at radius 3 is 1.82 bits per heavy atom. The molecule has 0 bridgehead atoms. The van der Waals surface area contributed by atoms with Crippen LogP contribution in [0.2, 0.25) is 0 Å². The van der Waals surface area contributed by atoms with Crippen molar-refractivity contribution in [2.24, 2.45) is 5.41 Å². The van der Waals surface area contributed by atoms with Crippen molar-refractivity contribution in [1.82, 2.24) is 0 Å². The van der Waals surface area contributed by atoms with Crippen molar-refractivity contribution in [2.75, 3.05) is 0 Å². The van der Waals surface area contributed by atoms with Gasteiger partial charge in [-0.05, 0) is 13.8 Å². The first-order valence-corrected chi connectivity index (χ1v) is 6.28. The molecule has 0 amide bonds. The molecule has 1 fully saturated rings. The first kappa shape index (κ1) is 12.6. The third-order valence-electron chi connectivity index (χ3n) is 3.51.